The SMILES string of the molecule is Cc1ccc(C)c(CN2C(=O)[C@@H]([C@@H](C)C(=O)NCc3ccc(F)cc3)Sc3ccccc32)c1. The Morgan fingerprint density at radius 3 is 2.58 bits per heavy atom. The summed E-state index contributed by atoms with van der Waals surface area (Å²) in [6, 6.07) is 20.1. The number of hydrogen-bond acceptors (Lipinski definition) is 3. The molecule has 0 aliphatic carbocycles. The average Bonchev–Trinajstić information content (AvgIpc) is 2.81. The first kappa shape index (κ1) is 23.1. The van der Waals surface area contributed by atoms with E-state index < -0.39 is 11.2 Å². The standard InChI is InChI=1S/C27H27FN2O2S/c1-17-8-9-18(2)21(14-17)16-30-23-6-4-5-7-24(23)33-25(27(30)32)19(3)26(31)29-15-20-10-12-22(28)13-11-20/h4-14,19,25H,15-16H2,1-3H3,(H,29,31)/t19-,25-/m1/s1. The van der Waals surface area contributed by atoms with Crippen LogP contribution in [-0.2, 0) is 22.7 Å². The van der Waals surface area contributed by atoms with Gasteiger partial charge < -0.3 is 10.2 Å². The van der Waals surface area contributed by atoms with E-state index in [0.29, 0.717) is 6.54 Å². The zero-order chi connectivity index (χ0) is 23.5. The molecule has 1 aliphatic rings. The maximum Gasteiger partial charge on any atom is 0.241 e. The molecule has 0 saturated heterocycles. The van der Waals surface area contributed by atoms with Gasteiger partial charge in [0.25, 0.3) is 0 Å². The van der Waals surface area contributed by atoms with Gasteiger partial charge >= 0.3 is 0 Å². The number of halogens is 1. The number of anilines is 1. The second-order valence-corrected chi connectivity index (χ2v) is 9.68. The number of nitrogens with one attached hydrogen (secondary N) is 1. The molecule has 0 bridgehead atoms. The predicted molar refractivity (Wildman–Crippen MR) is 131 cm³/mol. The average molecular weight is 463 g/mol. The Kier molecular flexibility index (Phi) is 6.84. The highest BCUT2D eigenvalue weighted by atomic mass is 32.2. The Morgan fingerprint density at radius 1 is 1.09 bits per heavy atom. The number of benzene rings is 3. The minimum Gasteiger partial charge on any atom is -0.352 e. The molecule has 4 nitrogen and oxygen atoms in total. The molecule has 0 radical (unpaired) electrons. The smallest absolute Gasteiger partial charge is 0.241 e. The molecule has 0 fully saturated rings. The minimum absolute atomic E-state index is 0.0657. The molecule has 1 aliphatic heterocycles. The van der Waals surface area contributed by atoms with Crippen molar-refractivity contribution in [1.29, 1.82) is 0 Å². The molecular weight excluding hydrogens is 435 g/mol. The Labute approximate surface area is 198 Å². The van der Waals surface area contributed by atoms with Crippen molar-refractivity contribution in [2.75, 3.05) is 4.90 Å². The van der Waals surface area contributed by atoms with Crippen LogP contribution in [-0.4, -0.2) is 17.1 Å². The summed E-state index contributed by atoms with van der Waals surface area (Å²) in [5, 5.41) is 2.37. The lowest BCUT2D eigenvalue weighted by atomic mass is 10.0. The van der Waals surface area contributed by atoms with Gasteiger partial charge in [0.15, 0.2) is 0 Å². The number of carbonyl (C=O) groups is 2. The van der Waals surface area contributed by atoms with E-state index in [2.05, 4.69) is 23.5 Å². The monoisotopic (exact) mass is 462 g/mol. The first-order valence-corrected chi connectivity index (χ1v) is 11.9. The number of nitrogens with zero attached hydrogens (tertiary/aromatic N) is 1. The fourth-order valence-electron chi connectivity index (χ4n) is 3.95. The van der Waals surface area contributed by atoms with E-state index in [-0.39, 0.29) is 24.2 Å². The molecule has 3 aromatic rings. The van der Waals surface area contributed by atoms with Crippen LogP contribution in [0.2, 0.25) is 0 Å². The molecule has 1 heterocycles. The van der Waals surface area contributed by atoms with E-state index in [0.717, 1.165) is 32.8 Å². The van der Waals surface area contributed by atoms with Crippen LogP contribution in [0.3, 0.4) is 0 Å². The van der Waals surface area contributed by atoms with Gasteiger partial charge in [0.2, 0.25) is 11.8 Å². The highest BCUT2D eigenvalue weighted by Gasteiger charge is 2.39. The Balaban J connectivity index is 1.55. The van der Waals surface area contributed by atoms with E-state index in [9.17, 15) is 14.0 Å². The van der Waals surface area contributed by atoms with Crippen molar-refractivity contribution in [1.82, 2.24) is 5.32 Å². The summed E-state index contributed by atoms with van der Waals surface area (Å²) >= 11 is 1.45. The fraction of sp³-hybridized carbons (Fsp3) is 0.259. The lowest BCUT2D eigenvalue weighted by Crippen LogP contribution is -2.47. The molecule has 0 aromatic heterocycles. The lowest BCUT2D eigenvalue weighted by molar-refractivity contribution is -0.128. The molecule has 0 spiro atoms. The zero-order valence-corrected chi connectivity index (χ0v) is 19.8. The van der Waals surface area contributed by atoms with E-state index in [4.69, 9.17) is 0 Å². The Hall–Kier alpha value is -3.12. The van der Waals surface area contributed by atoms with E-state index in [1.54, 1.807) is 19.1 Å². The van der Waals surface area contributed by atoms with Crippen LogP contribution in [0.15, 0.2) is 71.6 Å². The maximum absolute atomic E-state index is 13.6. The quantitative estimate of drug-likeness (QED) is 0.533. The van der Waals surface area contributed by atoms with Crippen LogP contribution in [0.4, 0.5) is 10.1 Å². The molecule has 3 aromatic carbocycles. The number of carbonyl (C=O) groups excluding carboxylic acids is 2. The summed E-state index contributed by atoms with van der Waals surface area (Å²) < 4.78 is 13.1. The zero-order valence-electron chi connectivity index (χ0n) is 19.0. The first-order chi connectivity index (χ1) is 15.8. The van der Waals surface area contributed by atoms with Gasteiger partial charge in [-0.3, -0.25) is 9.59 Å². The van der Waals surface area contributed by atoms with Gasteiger partial charge in [0.1, 0.15) is 11.1 Å². The summed E-state index contributed by atoms with van der Waals surface area (Å²) in [6.07, 6.45) is 0. The Morgan fingerprint density at radius 2 is 1.82 bits per heavy atom. The van der Waals surface area contributed by atoms with Crippen LogP contribution in [0.1, 0.15) is 29.2 Å². The van der Waals surface area contributed by atoms with Crippen molar-refractivity contribution in [3.05, 3.63) is 94.8 Å². The second kappa shape index (κ2) is 9.79. The molecule has 6 heteroatoms. The molecule has 2 atom stereocenters. The topological polar surface area (TPSA) is 49.4 Å². The lowest BCUT2D eigenvalue weighted by Gasteiger charge is -2.36. The van der Waals surface area contributed by atoms with Crippen LogP contribution >= 0.6 is 11.8 Å². The van der Waals surface area contributed by atoms with Gasteiger partial charge in [-0.2, -0.15) is 0 Å². The third-order valence-electron chi connectivity index (χ3n) is 6.00. The molecular formula is C27H27FN2O2S. The largest absolute Gasteiger partial charge is 0.352 e. The molecule has 1 N–H and O–H groups in total. The normalized spacial score (nSPS) is 16.3. The molecule has 0 unspecified atom stereocenters. The third-order valence-corrected chi connectivity index (χ3v) is 7.46. The molecule has 33 heavy (non-hydrogen) atoms. The van der Waals surface area contributed by atoms with Gasteiger partial charge in [0, 0.05) is 11.4 Å². The third kappa shape index (κ3) is 5.11. The Bertz CT molecular complexity index is 1180. The summed E-state index contributed by atoms with van der Waals surface area (Å²) in [4.78, 5) is 29.4. The van der Waals surface area contributed by atoms with Crippen LogP contribution in [0.25, 0.3) is 0 Å². The van der Waals surface area contributed by atoms with Crippen LogP contribution in [0.5, 0.6) is 0 Å². The van der Waals surface area contributed by atoms with Gasteiger partial charge in [-0.15, -0.1) is 11.8 Å². The molecule has 2 amide bonds. The number of hydrogen-bond donors (Lipinski definition) is 1. The van der Waals surface area contributed by atoms with Crippen molar-refractivity contribution in [3.63, 3.8) is 0 Å². The van der Waals surface area contributed by atoms with E-state index in [1.807, 2.05) is 43.0 Å². The van der Waals surface area contributed by atoms with E-state index in [1.165, 1.54) is 23.9 Å². The minimum atomic E-state index is -0.530. The first-order valence-electron chi connectivity index (χ1n) is 11.0. The van der Waals surface area contributed by atoms with Crippen molar-refractivity contribution < 1.29 is 14.0 Å². The second-order valence-electron chi connectivity index (χ2n) is 8.49. The number of amides is 2. The van der Waals surface area contributed by atoms with Crippen molar-refractivity contribution >= 4 is 29.3 Å². The predicted octanol–water partition coefficient (Wildman–Crippen LogP) is 5.40. The number of fused-ring (bicyclic) bond motifs is 1. The van der Waals surface area contributed by atoms with Crippen molar-refractivity contribution in [3.8, 4) is 0 Å². The number of rotatable bonds is 6. The highest BCUT2D eigenvalue weighted by Crippen LogP contribution is 2.42. The van der Waals surface area contributed by atoms with Gasteiger partial charge in [0.05, 0.1) is 18.2 Å². The molecule has 170 valence electrons. The van der Waals surface area contributed by atoms with Gasteiger partial charge in [-0.1, -0.05) is 55.0 Å². The van der Waals surface area contributed by atoms with Gasteiger partial charge in [-0.25, -0.2) is 4.39 Å². The van der Waals surface area contributed by atoms with Crippen LogP contribution < -0.4 is 10.2 Å². The fourth-order valence-corrected chi connectivity index (χ4v) is 5.23. The molecule has 4 rings (SSSR count). The summed E-state index contributed by atoms with van der Waals surface area (Å²) in [5.41, 5.74) is 5.06. The number of aryl methyl sites for hydroxylation is 2. The van der Waals surface area contributed by atoms with E-state index >= 15 is 0 Å². The van der Waals surface area contributed by atoms with Crippen molar-refractivity contribution in [2.24, 2.45) is 5.92 Å². The van der Waals surface area contributed by atoms with Gasteiger partial charge in [-0.05, 0) is 54.8 Å². The highest BCUT2D eigenvalue weighted by molar-refractivity contribution is 8.01. The summed E-state index contributed by atoms with van der Waals surface area (Å²) in [5.74, 6) is -1.11. The van der Waals surface area contributed by atoms with Crippen molar-refractivity contribution in [2.45, 2.75) is 44.0 Å². The number of thioether (sulfide) groups is 1. The number of para-hydroxylation sites is 1. The molecule has 0 saturated carbocycles. The van der Waals surface area contributed by atoms with Crippen LogP contribution in [0, 0.1) is 25.6 Å². The summed E-state index contributed by atoms with van der Waals surface area (Å²) in [7, 11) is 0. The summed E-state index contributed by atoms with van der Waals surface area (Å²) in [6.45, 7) is 6.63. The maximum atomic E-state index is 13.6.